The van der Waals surface area contributed by atoms with E-state index in [9.17, 15) is 10.1 Å². The van der Waals surface area contributed by atoms with Crippen molar-refractivity contribution in [3.8, 4) is 17.3 Å². The lowest BCUT2D eigenvalue weighted by Gasteiger charge is -2.47. The molecule has 1 spiro atoms. The third-order valence-electron chi connectivity index (χ3n) is 6.57. The Kier molecular flexibility index (Phi) is 4.91. The first kappa shape index (κ1) is 21.1. The monoisotopic (exact) mass is 462 g/mol. The average molecular weight is 463 g/mol. The number of benzene rings is 1. The van der Waals surface area contributed by atoms with Crippen LogP contribution in [0.25, 0.3) is 11.3 Å². The van der Waals surface area contributed by atoms with Crippen LogP contribution in [0.3, 0.4) is 0 Å². The van der Waals surface area contributed by atoms with Crippen molar-refractivity contribution < 1.29 is 4.79 Å². The van der Waals surface area contributed by atoms with Crippen molar-refractivity contribution in [1.82, 2.24) is 25.0 Å². The summed E-state index contributed by atoms with van der Waals surface area (Å²) >= 11 is 6.29. The van der Waals surface area contributed by atoms with Crippen LogP contribution in [0.1, 0.15) is 36.2 Å². The second-order valence-electron chi connectivity index (χ2n) is 8.75. The van der Waals surface area contributed by atoms with E-state index in [-0.39, 0.29) is 23.3 Å². The van der Waals surface area contributed by atoms with E-state index in [4.69, 9.17) is 28.2 Å². The highest BCUT2D eigenvalue weighted by Gasteiger charge is 2.51. The first-order valence-electron chi connectivity index (χ1n) is 10.6. The van der Waals surface area contributed by atoms with Crippen LogP contribution in [0, 0.1) is 11.3 Å². The fourth-order valence-electron chi connectivity index (χ4n) is 4.71. The van der Waals surface area contributed by atoms with Gasteiger partial charge in [0.25, 0.3) is 0 Å². The number of hydrogen-bond donors (Lipinski definition) is 3. The summed E-state index contributed by atoms with van der Waals surface area (Å²) in [5.74, 6) is 0.208. The number of nitrogens with two attached hydrogens (primary N) is 2. The summed E-state index contributed by atoms with van der Waals surface area (Å²) in [5.41, 5.74) is 15.7. The van der Waals surface area contributed by atoms with Crippen LogP contribution in [-0.2, 0) is 12.0 Å². The maximum absolute atomic E-state index is 12.8. The van der Waals surface area contributed by atoms with Gasteiger partial charge in [-0.3, -0.25) is 4.68 Å². The Morgan fingerprint density at radius 3 is 2.82 bits per heavy atom. The van der Waals surface area contributed by atoms with E-state index >= 15 is 0 Å². The number of likely N-dealkylation sites (tertiary alicyclic amines) is 1. The number of nitriles is 1. The minimum absolute atomic E-state index is 0.107. The zero-order valence-corrected chi connectivity index (χ0v) is 18.8. The molecule has 4 heterocycles. The highest BCUT2D eigenvalue weighted by molar-refractivity contribution is 6.31. The number of fused-ring (bicyclic) bond motifs is 2. The van der Waals surface area contributed by atoms with Gasteiger partial charge in [0.05, 0.1) is 17.3 Å². The number of pyridine rings is 1. The van der Waals surface area contributed by atoms with E-state index in [1.54, 1.807) is 24.4 Å². The molecule has 1 saturated heterocycles. The number of urea groups is 1. The van der Waals surface area contributed by atoms with Crippen molar-refractivity contribution in [1.29, 1.82) is 5.26 Å². The largest absolute Gasteiger partial charge is 0.399 e. The highest BCUT2D eigenvalue weighted by atomic mass is 35.5. The molecule has 10 heteroatoms. The van der Waals surface area contributed by atoms with Crippen LogP contribution >= 0.6 is 11.6 Å². The topological polar surface area (TPSA) is 139 Å². The van der Waals surface area contributed by atoms with E-state index < -0.39 is 0 Å². The van der Waals surface area contributed by atoms with Crippen LogP contribution < -0.4 is 16.8 Å². The number of nitrogens with zero attached hydrogens (tertiary/aromatic N) is 5. The van der Waals surface area contributed by atoms with Gasteiger partial charge in [-0.2, -0.15) is 10.4 Å². The number of halogens is 1. The molecule has 1 aromatic carbocycles. The van der Waals surface area contributed by atoms with E-state index in [1.165, 1.54) is 0 Å². The molecular formula is C23H23ClN8O. The number of aryl methyl sites for hydroxylation is 1. The summed E-state index contributed by atoms with van der Waals surface area (Å²) in [4.78, 5) is 18.8. The molecule has 1 atom stereocenters. The maximum Gasteiger partial charge on any atom is 0.317 e. The molecule has 0 bridgehead atoms. The molecule has 168 valence electrons. The molecule has 2 aliphatic heterocycles. The van der Waals surface area contributed by atoms with Gasteiger partial charge in [-0.05, 0) is 43.2 Å². The highest BCUT2D eigenvalue weighted by Crippen LogP contribution is 2.44. The Balaban J connectivity index is 1.28. The zero-order chi connectivity index (χ0) is 23.3. The molecule has 0 radical (unpaired) electrons. The minimum Gasteiger partial charge on any atom is -0.399 e. The molecular weight excluding hydrogens is 440 g/mol. The summed E-state index contributed by atoms with van der Waals surface area (Å²) in [6.07, 6.45) is 2.56. The van der Waals surface area contributed by atoms with Gasteiger partial charge in [-0.25, -0.2) is 9.78 Å². The molecule has 2 aliphatic rings. The number of amides is 2. The lowest BCUT2D eigenvalue weighted by atomic mass is 9.76. The summed E-state index contributed by atoms with van der Waals surface area (Å²) < 4.78 is 1.99. The van der Waals surface area contributed by atoms with Crippen LogP contribution in [0.5, 0.6) is 0 Å². The Hall–Kier alpha value is -3.77. The molecule has 9 nitrogen and oxygen atoms in total. The predicted molar refractivity (Wildman–Crippen MR) is 125 cm³/mol. The van der Waals surface area contributed by atoms with Gasteiger partial charge in [-0.15, -0.1) is 0 Å². The molecule has 0 saturated carbocycles. The van der Waals surface area contributed by atoms with E-state index in [1.807, 2.05) is 28.6 Å². The quantitative estimate of drug-likeness (QED) is 0.511. The Bertz CT molecular complexity index is 1300. The van der Waals surface area contributed by atoms with E-state index in [0.29, 0.717) is 29.4 Å². The molecule has 2 amide bonds. The van der Waals surface area contributed by atoms with Gasteiger partial charge >= 0.3 is 6.03 Å². The predicted octanol–water partition coefficient (Wildman–Crippen LogP) is 3.06. The van der Waals surface area contributed by atoms with Crippen molar-refractivity contribution >= 4 is 29.1 Å². The first-order valence-corrected chi connectivity index (χ1v) is 11.0. The first-order chi connectivity index (χ1) is 15.8. The second kappa shape index (κ2) is 7.67. The number of nitrogen functional groups attached to an aromatic ring is 2. The van der Waals surface area contributed by atoms with Gasteiger partial charge in [0.2, 0.25) is 0 Å². The molecule has 2 aromatic heterocycles. The lowest BCUT2D eigenvalue weighted by molar-refractivity contribution is 0.0906. The lowest BCUT2D eigenvalue weighted by Crippen LogP contribution is -2.62. The number of carbonyl (C=O) groups is 1. The second-order valence-corrected chi connectivity index (χ2v) is 9.15. The maximum atomic E-state index is 12.8. The standard InChI is InChI=1S/C23H23ClN8O/c1-13(17-3-2-16(26)7-18(17)24)29-22(33)31-11-23(12-31)4-5-32-20(23)8-19(30-32)15-6-14(9-25)21(27)28-10-15/h2-3,6-8,10,13H,4-5,11-12,26H2,1H3,(H2,27,28)(H,29,33)/t13-/m1/s1. The smallest absolute Gasteiger partial charge is 0.317 e. The number of rotatable bonds is 3. The fourth-order valence-corrected chi connectivity index (χ4v) is 5.06. The van der Waals surface area contributed by atoms with Crippen molar-refractivity contribution in [2.75, 3.05) is 24.6 Å². The summed E-state index contributed by atoms with van der Waals surface area (Å²) in [5, 5.41) is 17.5. The van der Waals surface area contributed by atoms with E-state index in [0.717, 1.165) is 35.5 Å². The Morgan fingerprint density at radius 1 is 1.30 bits per heavy atom. The van der Waals surface area contributed by atoms with Gasteiger partial charge in [-0.1, -0.05) is 17.7 Å². The summed E-state index contributed by atoms with van der Waals surface area (Å²) in [7, 11) is 0. The van der Waals surface area contributed by atoms with Gasteiger partial charge < -0.3 is 21.7 Å². The summed E-state index contributed by atoms with van der Waals surface area (Å²) in [6.45, 7) is 3.93. The van der Waals surface area contributed by atoms with Crippen LogP contribution in [-0.4, -0.2) is 38.8 Å². The minimum atomic E-state index is -0.241. The fraction of sp³-hybridized carbons (Fsp3) is 0.304. The van der Waals surface area contributed by atoms with Crippen LogP contribution in [0.15, 0.2) is 36.5 Å². The SMILES string of the molecule is C[C@@H](NC(=O)N1CC2(CCn3nc(-c4cnc(N)c(C#N)c4)cc32)C1)c1ccc(N)cc1Cl. The molecule has 0 unspecified atom stereocenters. The van der Waals surface area contributed by atoms with Crippen LogP contribution in [0.4, 0.5) is 16.3 Å². The van der Waals surface area contributed by atoms with Gasteiger partial charge in [0.1, 0.15) is 11.9 Å². The Labute approximate surface area is 195 Å². The number of carbonyl (C=O) groups excluding carboxylic acids is 1. The van der Waals surface area contributed by atoms with Crippen molar-refractivity contribution in [3.63, 3.8) is 0 Å². The molecule has 3 aromatic rings. The van der Waals surface area contributed by atoms with Crippen LogP contribution in [0.2, 0.25) is 5.02 Å². The average Bonchev–Trinajstić information content (AvgIpc) is 3.32. The van der Waals surface area contributed by atoms with Crippen molar-refractivity contribution in [3.05, 3.63) is 58.4 Å². The Morgan fingerprint density at radius 2 is 2.09 bits per heavy atom. The van der Waals surface area contributed by atoms with E-state index in [2.05, 4.69) is 16.4 Å². The molecule has 5 rings (SSSR count). The third kappa shape index (κ3) is 3.52. The molecule has 0 aliphatic carbocycles. The summed E-state index contributed by atoms with van der Waals surface area (Å²) in [6, 6.07) is 10.7. The number of anilines is 2. The third-order valence-corrected chi connectivity index (χ3v) is 6.89. The number of nitrogens with one attached hydrogen (secondary N) is 1. The van der Waals surface area contributed by atoms with Gasteiger partial charge in [0.15, 0.2) is 0 Å². The molecule has 33 heavy (non-hydrogen) atoms. The van der Waals surface area contributed by atoms with Crippen molar-refractivity contribution in [2.45, 2.75) is 31.3 Å². The number of aromatic nitrogens is 3. The normalized spacial score (nSPS) is 16.7. The van der Waals surface area contributed by atoms with Gasteiger partial charge in [0, 0.05) is 53.2 Å². The zero-order valence-electron chi connectivity index (χ0n) is 18.0. The van der Waals surface area contributed by atoms with Crippen molar-refractivity contribution in [2.24, 2.45) is 0 Å². The number of hydrogen-bond acceptors (Lipinski definition) is 6. The molecule has 1 fully saturated rings. The molecule has 5 N–H and O–H groups in total.